The van der Waals surface area contributed by atoms with E-state index in [4.69, 9.17) is 23.3 Å². The number of hydrogen-bond acceptors (Lipinski definition) is 0. The predicted molar refractivity (Wildman–Crippen MR) is 50.3 cm³/mol. The standard InChI is InChI=1S/C4H8.5CO.BF4.Re/c1-3-4-2;5*1-2;2-1(3,4)5;/h3H,1,4H2,2H3;;;;;;;/q;;;;;;-1;. The maximum Gasteiger partial charge on any atom is 0 e. The Balaban J connectivity index is -0.0000000146. The van der Waals surface area contributed by atoms with Crippen LogP contribution in [0.5, 0.6) is 0 Å². The first-order valence-corrected chi connectivity index (χ1v) is 3.42. The van der Waals surface area contributed by atoms with Crippen LogP contribution in [0.15, 0.2) is 12.7 Å². The summed E-state index contributed by atoms with van der Waals surface area (Å²) in [6.07, 6.45) is 2.96. The summed E-state index contributed by atoms with van der Waals surface area (Å²) in [4.78, 5) is 0. The molecule has 0 spiro atoms. The Bertz CT molecular complexity index is 194. The van der Waals surface area contributed by atoms with Crippen molar-refractivity contribution in [3.63, 3.8) is 0 Å². The first kappa shape index (κ1) is 51.0. The molecule has 0 rings (SSSR count). The monoisotopic (exact) mass is 470 g/mol. The Morgan fingerprint density at radius 3 is 0.850 bits per heavy atom. The zero-order valence-electron chi connectivity index (χ0n) is 10.00. The van der Waals surface area contributed by atoms with Crippen molar-refractivity contribution in [2.24, 2.45) is 0 Å². The van der Waals surface area contributed by atoms with E-state index in [1.807, 2.05) is 6.08 Å². The normalized spacial score (nSPS) is 4.75. The Morgan fingerprint density at radius 1 is 0.800 bits per heavy atom. The Labute approximate surface area is 128 Å². The average molecular weight is 469 g/mol. The van der Waals surface area contributed by atoms with Crippen LogP contribution in [0.3, 0.4) is 0 Å². The van der Waals surface area contributed by atoms with Crippen LogP contribution in [0, 0.1) is 33.3 Å². The zero-order valence-corrected chi connectivity index (χ0v) is 12.7. The van der Waals surface area contributed by atoms with E-state index >= 15 is 0 Å². The summed E-state index contributed by atoms with van der Waals surface area (Å²) in [6, 6.07) is 0. The first-order chi connectivity index (χ1) is 8.91. The molecule has 0 aliphatic rings. The van der Waals surface area contributed by atoms with Crippen molar-refractivity contribution in [1.82, 2.24) is 0 Å². The molecular weight excluding hydrogens is 461 g/mol. The summed E-state index contributed by atoms with van der Waals surface area (Å²) in [5, 5.41) is 0. The van der Waals surface area contributed by atoms with Crippen LogP contribution in [0.25, 0.3) is 0 Å². The van der Waals surface area contributed by atoms with E-state index in [1.54, 1.807) is 0 Å². The van der Waals surface area contributed by atoms with Gasteiger partial charge in [0.25, 0.3) is 0 Å². The SMILES string of the molecule is C=CCC.F[B-](F)(F)F.[C-]#[O+].[C-]#[O+].[C-]#[O+].[C-]#[O+].[C-]#[O+].[Re]. The van der Waals surface area contributed by atoms with Crippen LogP contribution < -0.4 is 0 Å². The van der Waals surface area contributed by atoms with Gasteiger partial charge in [-0.1, -0.05) is 13.0 Å². The van der Waals surface area contributed by atoms with Crippen LogP contribution in [-0.2, 0) is 43.7 Å². The smallest absolute Gasteiger partial charge is 0 e. The predicted octanol–water partition coefficient (Wildman–Crippen LogP) is 2.69. The maximum atomic E-state index is 9.75. The van der Waals surface area contributed by atoms with Gasteiger partial charge < -0.3 is 17.3 Å². The molecule has 0 N–H and O–H groups in total. The number of allylic oxidation sites excluding steroid dienone is 1. The maximum absolute atomic E-state index is 9.75. The van der Waals surface area contributed by atoms with Gasteiger partial charge in [-0.25, -0.2) is 0 Å². The minimum absolute atomic E-state index is 0. The Morgan fingerprint density at radius 2 is 0.850 bits per heavy atom. The third kappa shape index (κ3) is 335000. The molecule has 113 valence electrons. The van der Waals surface area contributed by atoms with Gasteiger partial charge in [-0.3, -0.25) is 0 Å². The van der Waals surface area contributed by atoms with Gasteiger partial charge in [0, 0.05) is 20.4 Å². The molecule has 0 atom stereocenters. The van der Waals surface area contributed by atoms with Gasteiger partial charge in [0.2, 0.25) is 0 Å². The summed E-state index contributed by atoms with van der Waals surface area (Å²) in [5.74, 6) is 0. The number of halogens is 4. The molecule has 0 aromatic carbocycles. The molecule has 11 heteroatoms. The van der Waals surface area contributed by atoms with E-state index in [1.165, 1.54) is 0 Å². The van der Waals surface area contributed by atoms with Crippen molar-refractivity contribution in [2.45, 2.75) is 13.3 Å². The summed E-state index contributed by atoms with van der Waals surface area (Å²) < 4.78 is 76.5. The summed E-state index contributed by atoms with van der Waals surface area (Å²) in [6.45, 7) is 28.0. The summed E-state index contributed by atoms with van der Waals surface area (Å²) >= 11 is 0. The summed E-state index contributed by atoms with van der Waals surface area (Å²) in [7, 11) is -6.00. The Kier molecular flexibility index (Phi) is 274. The van der Waals surface area contributed by atoms with Crippen molar-refractivity contribution in [1.29, 1.82) is 0 Å². The van der Waals surface area contributed by atoms with Crippen LogP contribution in [0.4, 0.5) is 17.3 Å². The zero-order chi connectivity index (χ0) is 17.9. The topological polar surface area (TPSA) is 99.5 Å². The molecule has 0 aliphatic heterocycles. The van der Waals surface area contributed by atoms with Gasteiger partial charge in [0.1, 0.15) is 0 Å². The third-order valence-electron chi connectivity index (χ3n) is 0.289. The van der Waals surface area contributed by atoms with Gasteiger partial charge in [0.05, 0.1) is 0 Å². The first-order valence-electron chi connectivity index (χ1n) is 3.42. The minimum Gasteiger partial charge on any atom is 0 e. The summed E-state index contributed by atoms with van der Waals surface area (Å²) in [5.41, 5.74) is 0. The molecule has 20 heavy (non-hydrogen) atoms. The van der Waals surface area contributed by atoms with Crippen molar-refractivity contribution in [3.8, 4) is 0 Å². The average Bonchev–Trinajstić information content (AvgIpc) is 2.47. The molecule has 0 saturated carbocycles. The van der Waals surface area contributed by atoms with Gasteiger partial charge in [0.15, 0.2) is 0 Å². The molecule has 0 aliphatic carbocycles. The van der Waals surface area contributed by atoms with E-state index < -0.39 is 7.25 Å². The quantitative estimate of drug-likeness (QED) is 0.186. The third-order valence-corrected chi connectivity index (χ3v) is 0.289. The fourth-order valence-corrected chi connectivity index (χ4v) is 0. The van der Waals surface area contributed by atoms with E-state index in [-0.39, 0.29) is 20.4 Å². The van der Waals surface area contributed by atoms with Crippen molar-refractivity contribution in [2.75, 3.05) is 0 Å². The van der Waals surface area contributed by atoms with Crippen LogP contribution in [0.1, 0.15) is 13.3 Å². The van der Waals surface area contributed by atoms with Gasteiger partial charge in [-0.15, -0.1) is 6.58 Å². The van der Waals surface area contributed by atoms with Crippen LogP contribution in [-0.4, -0.2) is 7.25 Å². The molecule has 0 aromatic rings. The number of rotatable bonds is 1. The van der Waals surface area contributed by atoms with Crippen molar-refractivity contribution >= 4 is 7.25 Å². The van der Waals surface area contributed by atoms with Crippen LogP contribution >= 0.6 is 0 Å². The second-order valence-electron chi connectivity index (χ2n) is 1.19. The van der Waals surface area contributed by atoms with Crippen molar-refractivity contribution in [3.05, 3.63) is 45.9 Å². The van der Waals surface area contributed by atoms with E-state index in [9.17, 15) is 17.3 Å². The molecule has 0 unspecified atom stereocenters. The minimum atomic E-state index is -6.00. The number of hydrogen-bond donors (Lipinski definition) is 0. The molecule has 5 nitrogen and oxygen atoms in total. The second-order valence-corrected chi connectivity index (χ2v) is 1.19. The molecule has 0 bridgehead atoms. The van der Waals surface area contributed by atoms with E-state index in [0.717, 1.165) is 6.42 Å². The molecular formula is C9H8BF4O5Re-. The molecule has 1 radical (unpaired) electrons. The molecule has 0 amide bonds. The largest absolute Gasteiger partial charge is 0 e. The Hall–Kier alpha value is -1.11. The second kappa shape index (κ2) is 108. The fourth-order valence-electron chi connectivity index (χ4n) is 0. The fraction of sp³-hybridized carbons (Fsp3) is 0.222. The van der Waals surface area contributed by atoms with Crippen LogP contribution in [0.2, 0.25) is 0 Å². The molecule has 0 aromatic heterocycles. The van der Waals surface area contributed by atoms with Crippen molar-refractivity contribution < 1.29 is 60.9 Å². The molecule has 0 saturated heterocycles. The van der Waals surface area contributed by atoms with E-state index in [0.29, 0.717) is 0 Å². The van der Waals surface area contributed by atoms with Gasteiger partial charge in [-0.2, -0.15) is 0 Å². The van der Waals surface area contributed by atoms with Gasteiger partial charge in [-0.05, 0) is 6.42 Å². The molecule has 0 heterocycles. The van der Waals surface area contributed by atoms with Gasteiger partial charge >= 0.3 is 63.8 Å². The molecule has 0 fully saturated rings. The van der Waals surface area contributed by atoms with E-state index in [2.05, 4.69) is 46.8 Å².